The van der Waals surface area contributed by atoms with E-state index in [0.29, 0.717) is 13.1 Å². The zero-order chi connectivity index (χ0) is 11.3. The van der Waals surface area contributed by atoms with E-state index < -0.39 is 0 Å². The number of amides is 1. The van der Waals surface area contributed by atoms with Gasteiger partial charge in [-0.05, 0) is 25.3 Å². The zero-order valence-electron chi connectivity index (χ0n) is 9.04. The number of anilines is 1. The van der Waals surface area contributed by atoms with E-state index >= 15 is 0 Å². The van der Waals surface area contributed by atoms with Crippen molar-refractivity contribution in [1.29, 1.82) is 0 Å². The molecule has 1 heterocycles. The normalized spacial score (nSPS) is 10.6. The first kappa shape index (κ1) is 12.0. The van der Waals surface area contributed by atoms with Crippen LogP contribution in [0.1, 0.15) is 18.7 Å². The van der Waals surface area contributed by atoms with Gasteiger partial charge in [0.25, 0.3) is 0 Å². The van der Waals surface area contributed by atoms with Crippen molar-refractivity contribution in [3.63, 3.8) is 0 Å². The summed E-state index contributed by atoms with van der Waals surface area (Å²) in [6.45, 7) is 4.86. The summed E-state index contributed by atoms with van der Waals surface area (Å²) in [5.74, 6) is 0.0140. The molecule has 0 saturated heterocycles. The molecule has 84 valence electrons. The fourth-order valence-electron chi connectivity index (χ4n) is 1.16. The van der Waals surface area contributed by atoms with Crippen LogP contribution in [0.5, 0.6) is 0 Å². The van der Waals surface area contributed by atoms with Gasteiger partial charge < -0.3 is 16.4 Å². The number of nitrogens with two attached hydrogens (primary N) is 1. The Hall–Kier alpha value is -1.07. The van der Waals surface area contributed by atoms with Gasteiger partial charge in [0.15, 0.2) is 0 Å². The van der Waals surface area contributed by atoms with E-state index in [1.807, 2.05) is 25.3 Å². The highest BCUT2D eigenvalue weighted by Gasteiger charge is 2.04. The summed E-state index contributed by atoms with van der Waals surface area (Å²) in [6, 6.07) is 2.06. The van der Waals surface area contributed by atoms with Crippen LogP contribution in [-0.2, 0) is 11.3 Å². The van der Waals surface area contributed by atoms with Crippen LogP contribution < -0.4 is 16.4 Å². The Balaban J connectivity index is 2.22. The van der Waals surface area contributed by atoms with E-state index in [2.05, 4.69) is 10.6 Å². The Morgan fingerprint density at radius 3 is 2.87 bits per heavy atom. The molecule has 0 aliphatic rings. The lowest BCUT2D eigenvalue weighted by molar-refractivity contribution is -0.120. The van der Waals surface area contributed by atoms with Gasteiger partial charge in [-0.2, -0.15) is 0 Å². The maximum atomic E-state index is 11.3. The van der Waals surface area contributed by atoms with Crippen molar-refractivity contribution in [3.05, 3.63) is 16.3 Å². The van der Waals surface area contributed by atoms with E-state index in [0.717, 1.165) is 10.6 Å². The lowest BCUT2D eigenvalue weighted by Gasteiger charge is -2.08. The smallest absolute Gasteiger partial charge is 0.234 e. The summed E-state index contributed by atoms with van der Waals surface area (Å²) in [5.41, 5.74) is 6.50. The molecule has 1 aromatic heterocycles. The molecule has 0 aliphatic heterocycles. The molecule has 0 radical (unpaired) electrons. The Morgan fingerprint density at radius 1 is 1.60 bits per heavy atom. The van der Waals surface area contributed by atoms with Crippen LogP contribution in [0, 0.1) is 0 Å². The maximum Gasteiger partial charge on any atom is 0.234 e. The molecule has 1 rings (SSSR count). The predicted octanol–water partition coefficient (Wildman–Crippen LogP) is 0.945. The van der Waals surface area contributed by atoms with Gasteiger partial charge >= 0.3 is 0 Å². The fourth-order valence-corrected chi connectivity index (χ4v) is 1.93. The van der Waals surface area contributed by atoms with Crippen molar-refractivity contribution in [2.75, 3.05) is 12.3 Å². The second-order valence-corrected chi connectivity index (χ2v) is 4.63. The van der Waals surface area contributed by atoms with Gasteiger partial charge in [0.1, 0.15) is 0 Å². The quantitative estimate of drug-likeness (QED) is 0.701. The Bertz CT molecular complexity index is 322. The molecule has 1 aromatic rings. The standard InChI is InChI=1S/C10H17N3OS/c1-7(2)13-10(14)6-12-5-9-8(11)3-4-15-9/h3-4,7,12H,5-6,11H2,1-2H3,(H,13,14). The molecule has 0 aromatic carbocycles. The Morgan fingerprint density at radius 2 is 2.33 bits per heavy atom. The second kappa shape index (κ2) is 5.72. The van der Waals surface area contributed by atoms with Gasteiger partial charge in [-0.15, -0.1) is 11.3 Å². The fraction of sp³-hybridized carbons (Fsp3) is 0.500. The minimum Gasteiger partial charge on any atom is -0.398 e. The number of thiophene rings is 1. The molecule has 0 bridgehead atoms. The Labute approximate surface area is 93.9 Å². The molecule has 0 aliphatic carbocycles. The molecule has 15 heavy (non-hydrogen) atoms. The number of carbonyl (C=O) groups excluding carboxylic acids is 1. The molecule has 0 fully saturated rings. The average molecular weight is 227 g/mol. The van der Waals surface area contributed by atoms with Gasteiger partial charge in [-0.3, -0.25) is 4.79 Å². The summed E-state index contributed by atoms with van der Waals surface area (Å²) < 4.78 is 0. The number of nitrogens with one attached hydrogen (secondary N) is 2. The summed E-state index contributed by atoms with van der Waals surface area (Å²) in [6.07, 6.45) is 0. The third-order valence-corrected chi connectivity index (χ3v) is 2.74. The molecule has 0 spiro atoms. The molecular weight excluding hydrogens is 210 g/mol. The van der Waals surface area contributed by atoms with Crippen molar-refractivity contribution in [3.8, 4) is 0 Å². The summed E-state index contributed by atoms with van der Waals surface area (Å²) >= 11 is 1.60. The van der Waals surface area contributed by atoms with Crippen molar-refractivity contribution in [2.45, 2.75) is 26.4 Å². The number of hydrogen-bond donors (Lipinski definition) is 3. The summed E-state index contributed by atoms with van der Waals surface area (Å²) in [4.78, 5) is 12.3. The van der Waals surface area contributed by atoms with Crippen molar-refractivity contribution >= 4 is 22.9 Å². The predicted molar refractivity (Wildman–Crippen MR) is 63.7 cm³/mol. The van der Waals surface area contributed by atoms with E-state index in [1.54, 1.807) is 11.3 Å². The molecule has 4 N–H and O–H groups in total. The van der Waals surface area contributed by atoms with Crippen LogP contribution in [-0.4, -0.2) is 18.5 Å². The number of rotatable bonds is 5. The van der Waals surface area contributed by atoms with Crippen LogP contribution in [0.3, 0.4) is 0 Å². The monoisotopic (exact) mass is 227 g/mol. The molecule has 1 amide bonds. The second-order valence-electron chi connectivity index (χ2n) is 3.62. The number of hydrogen-bond acceptors (Lipinski definition) is 4. The minimum absolute atomic E-state index is 0.0140. The van der Waals surface area contributed by atoms with Crippen LogP contribution >= 0.6 is 11.3 Å². The Kier molecular flexibility index (Phi) is 4.58. The van der Waals surface area contributed by atoms with Crippen molar-refractivity contribution in [2.24, 2.45) is 0 Å². The van der Waals surface area contributed by atoms with Crippen molar-refractivity contribution < 1.29 is 4.79 Å². The molecule has 0 unspecified atom stereocenters. The molecule has 5 heteroatoms. The van der Waals surface area contributed by atoms with Crippen molar-refractivity contribution in [1.82, 2.24) is 10.6 Å². The highest BCUT2D eigenvalue weighted by molar-refractivity contribution is 7.10. The molecule has 4 nitrogen and oxygen atoms in total. The van der Waals surface area contributed by atoms with Crippen LogP contribution in [0.15, 0.2) is 11.4 Å². The van der Waals surface area contributed by atoms with Crippen LogP contribution in [0.25, 0.3) is 0 Å². The maximum absolute atomic E-state index is 11.3. The third kappa shape index (κ3) is 4.31. The van der Waals surface area contributed by atoms with Crippen LogP contribution in [0.2, 0.25) is 0 Å². The summed E-state index contributed by atoms with van der Waals surface area (Å²) in [5, 5.41) is 7.81. The lowest BCUT2D eigenvalue weighted by Crippen LogP contribution is -2.37. The van der Waals surface area contributed by atoms with Crippen LogP contribution in [0.4, 0.5) is 5.69 Å². The highest BCUT2D eigenvalue weighted by Crippen LogP contribution is 2.17. The first-order valence-electron chi connectivity index (χ1n) is 4.91. The van der Waals surface area contributed by atoms with E-state index in [-0.39, 0.29) is 11.9 Å². The summed E-state index contributed by atoms with van der Waals surface area (Å²) in [7, 11) is 0. The average Bonchev–Trinajstić information content (AvgIpc) is 2.50. The van der Waals surface area contributed by atoms with E-state index in [9.17, 15) is 4.79 Å². The number of carbonyl (C=O) groups is 1. The third-order valence-electron chi connectivity index (χ3n) is 1.80. The molecule has 0 atom stereocenters. The first-order valence-corrected chi connectivity index (χ1v) is 5.79. The van der Waals surface area contributed by atoms with Gasteiger partial charge in [-0.1, -0.05) is 0 Å². The topological polar surface area (TPSA) is 67.2 Å². The number of nitrogen functional groups attached to an aromatic ring is 1. The zero-order valence-corrected chi connectivity index (χ0v) is 9.86. The molecular formula is C10H17N3OS. The lowest BCUT2D eigenvalue weighted by atomic mass is 10.3. The minimum atomic E-state index is 0.0140. The van der Waals surface area contributed by atoms with Gasteiger partial charge in [-0.25, -0.2) is 0 Å². The first-order chi connectivity index (χ1) is 7.09. The van der Waals surface area contributed by atoms with E-state index in [4.69, 9.17) is 5.73 Å². The van der Waals surface area contributed by atoms with Gasteiger partial charge in [0.2, 0.25) is 5.91 Å². The SMILES string of the molecule is CC(C)NC(=O)CNCc1sccc1N. The largest absolute Gasteiger partial charge is 0.398 e. The highest BCUT2D eigenvalue weighted by atomic mass is 32.1. The molecule has 0 saturated carbocycles. The van der Waals surface area contributed by atoms with Gasteiger partial charge in [0, 0.05) is 23.2 Å². The van der Waals surface area contributed by atoms with E-state index in [1.165, 1.54) is 0 Å². The van der Waals surface area contributed by atoms with Gasteiger partial charge in [0.05, 0.1) is 6.54 Å².